The van der Waals surface area contributed by atoms with E-state index in [9.17, 15) is 4.79 Å². The summed E-state index contributed by atoms with van der Waals surface area (Å²) >= 11 is 0. The molecule has 5 nitrogen and oxygen atoms in total. The van der Waals surface area contributed by atoms with E-state index in [2.05, 4.69) is 15.4 Å². The molecule has 0 fully saturated rings. The van der Waals surface area contributed by atoms with Crippen molar-refractivity contribution in [3.05, 3.63) is 71.7 Å². The number of rotatable bonds is 3. The Labute approximate surface area is 132 Å². The van der Waals surface area contributed by atoms with E-state index in [1.807, 2.05) is 60.0 Å². The Morgan fingerprint density at radius 1 is 1.22 bits per heavy atom. The largest absolute Gasteiger partial charge is 0.350 e. The first kappa shape index (κ1) is 13.6. The highest BCUT2D eigenvalue weighted by molar-refractivity contribution is 5.98. The van der Waals surface area contributed by atoms with Gasteiger partial charge in [-0.1, -0.05) is 24.3 Å². The van der Waals surface area contributed by atoms with Gasteiger partial charge >= 0.3 is 0 Å². The third kappa shape index (κ3) is 2.36. The molecule has 23 heavy (non-hydrogen) atoms. The SMILES string of the molecule is Cc1cccc2cc(C(=O)NCc3cccc4ccnn34)[nH]c12. The van der Waals surface area contributed by atoms with Crippen LogP contribution < -0.4 is 5.32 Å². The average molecular weight is 304 g/mol. The quantitative estimate of drug-likeness (QED) is 0.611. The van der Waals surface area contributed by atoms with Crippen LogP contribution >= 0.6 is 0 Å². The Hall–Kier alpha value is -3.08. The van der Waals surface area contributed by atoms with Gasteiger partial charge in [-0.2, -0.15) is 5.10 Å². The number of nitrogens with one attached hydrogen (secondary N) is 2. The molecule has 0 bridgehead atoms. The first-order valence-electron chi connectivity index (χ1n) is 7.50. The fraction of sp³-hybridized carbons (Fsp3) is 0.111. The van der Waals surface area contributed by atoms with Gasteiger partial charge in [-0.25, -0.2) is 4.52 Å². The molecule has 1 aromatic carbocycles. The second-order valence-electron chi connectivity index (χ2n) is 5.59. The molecule has 4 aromatic rings. The molecular weight excluding hydrogens is 288 g/mol. The third-order valence-electron chi connectivity index (χ3n) is 4.04. The predicted octanol–water partition coefficient (Wildman–Crippen LogP) is 3.05. The number of hydrogen-bond donors (Lipinski definition) is 2. The van der Waals surface area contributed by atoms with E-state index in [-0.39, 0.29) is 5.91 Å². The van der Waals surface area contributed by atoms with Crippen LogP contribution in [0.4, 0.5) is 0 Å². The van der Waals surface area contributed by atoms with Crippen molar-refractivity contribution in [2.24, 2.45) is 0 Å². The van der Waals surface area contributed by atoms with Gasteiger partial charge in [0, 0.05) is 17.1 Å². The molecule has 1 amide bonds. The number of carbonyl (C=O) groups is 1. The number of aromatic amines is 1. The molecule has 3 heterocycles. The van der Waals surface area contributed by atoms with Gasteiger partial charge in [0.1, 0.15) is 5.69 Å². The first-order chi connectivity index (χ1) is 11.2. The van der Waals surface area contributed by atoms with Crippen molar-refractivity contribution >= 4 is 22.3 Å². The summed E-state index contributed by atoms with van der Waals surface area (Å²) in [6.45, 7) is 2.45. The van der Waals surface area contributed by atoms with E-state index in [0.717, 1.165) is 27.7 Å². The number of H-pyrrole nitrogens is 1. The smallest absolute Gasteiger partial charge is 0.268 e. The van der Waals surface area contributed by atoms with Gasteiger partial charge in [0.25, 0.3) is 5.91 Å². The predicted molar refractivity (Wildman–Crippen MR) is 89.4 cm³/mol. The maximum atomic E-state index is 12.4. The topological polar surface area (TPSA) is 62.2 Å². The summed E-state index contributed by atoms with van der Waals surface area (Å²) in [7, 11) is 0. The van der Waals surface area contributed by atoms with Gasteiger partial charge in [0.05, 0.1) is 17.8 Å². The molecule has 0 spiro atoms. The van der Waals surface area contributed by atoms with Crippen LogP contribution in [0.5, 0.6) is 0 Å². The maximum absolute atomic E-state index is 12.4. The Morgan fingerprint density at radius 3 is 2.96 bits per heavy atom. The van der Waals surface area contributed by atoms with Crippen LogP contribution in [-0.2, 0) is 6.54 Å². The summed E-state index contributed by atoms with van der Waals surface area (Å²) in [6.07, 6.45) is 1.75. The van der Waals surface area contributed by atoms with Crippen LogP contribution in [0.3, 0.4) is 0 Å². The van der Waals surface area contributed by atoms with Gasteiger partial charge in [0.15, 0.2) is 0 Å². The Balaban J connectivity index is 1.57. The monoisotopic (exact) mass is 304 g/mol. The molecule has 0 atom stereocenters. The van der Waals surface area contributed by atoms with Crippen molar-refractivity contribution < 1.29 is 4.79 Å². The van der Waals surface area contributed by atoms with Crippen LogP contribution in [0.1, 0.15) is 21.7 Å². The van der Waals surface area contributed by atoms with E-state index in [1.165, 1.54) is 0 Å². The van der Waals surface area contributed by atoms with Crippen LogP contribution in [0.15, 0.2) is 54.7 Å². The summed E-state index contributed by atoms with van der Waals surface area (Å²) in [5, 5.41) is 8.27. The molecule has 4 rings (SSSR count). The molecule has 5 heteroatoms. The minimum Gasteiger partial charge on any atom is -0.350 e. The molecule has 3 aromatic heterocycles. The van der Waals surface area contributed by atoms with E-state index in [0.29, 0.717) is 12.2 Å². The van der Waals surface area contributed by atoms with Crippen LogP contribution in [0.2, 0.25) is 0 Å². The number of aromatic nitrogens is 3. The number of amides is 1. The molecule has 114 valence electrons. The van der Waals surface area contributed by atoms with Gasteiger partial charge in [-0.15, -0.1) is 0 Å². The number of carbonyl (C=O) groups excluding carboxylic acids is 1. The number of hydrogen-bond acceptors (Lipinski definition) is 2. The highest BCUT2D eigenvalue weighted by Gasteiger charge is 2.11. The zero-order valence-electron chi connectivity index (χ0n) is 12.7. The standard InChI is InChI=1S/C18H16N4O/c1-12-4-2-5-13-10-16(21-17(12)13)18(23)19-11-15-7-3-6-14-8-9-20-22(14)15/h2-10,21H,11H2,1H3,(H,19,23). The van der Waals surface area contributed by atoms with Crippen molar-refractivity contribution in [2.75, 3.05) is 0 Å². The Kier molecular flexibility index (Phi) is 3.12. The lowest BCUT2D eigenvalue weighted by Gasteiger charge is -2.06. The number of pyridine rings is 1. The van der Waals surface area contributed by atoms with E-state index < -0.39 is 0 Å². The highest BCUT2D eigenvalue weighted by Crippen LogP contribution is 2.18. The molecule has 0 radical (unpaired) electrons. The first-order valence-corrected chi connectivity index (χ1v) is 7.50. The van der Waals surface area contributed by atoms with Gasteiger partial charge in [-0.05, 0) is 36.8 Å². The molecular formula is C18H16N4O. The average Bonchev–Trinajstić information content (AvgIpc) is 3.19. The minimum absolute atomic E-state index is 0.121. The van der Waals surface area contributed by atoms with Crippen molar-refractivity contribution in [2.45, 2.75) is 13.5 Å². The normalized spacial score (nSPS) is 11.2. The van der Waals surface area contributed by atoms with Gasteiger partial charge in [-0.3, -0.25) is 4.79 Å². The van der Waals surface area contributed by atoms with E-state index in [1.54, 1.807) is 6.20 Å². The molecule has 0 aliphatic rings. The summed E-state index contributed by atoms with van der Waals surface area (Å²) in [5.41, 5.74) is 4.66. The lowest BCUT2D eigenvalue weighted by molar-refractivity contribution is 0.0946. The van der Waals surface area contributed by atoms with Crippen molar-refractivity contribution in [1.29, 1.82) is 0 Å². The Bertz CT molecular complexity index is 1010. The molecule has 0 saturated heterocycles. The van der Waals surface area contributed by atoms with Gasteiger partial charge < -0.3 is 10.3 Å². The van der Waals surface area contributed by atoms with E-state index in [4.69, 9.17) is 0 Å². The zero-order chi connectivity index (χ0) is 15.8. The van der Waals surface area contributed by atoms with Crippen molar-refractivity contribution in [1.82, 2.24) is 19.9 Å². The second kappa shape index (κ2) is 5.28. The molecule has 2 N–H and O–H groups in total. The van der Waals surface area contributed by atoms with E-state index >= 15 is 0 Å². The van der Waals surface area contributed by atoms with Gasteiger partial charge in [0.2, 0.25) is 0 Å². The van der Waals surface area contributed by atoms with Crippen molar-refractivity contribution in [3.63, 3.8) is 0 Å². The minimum atomic E-state index is -0.121. The Morgan fingerprint density at radius 2 is 2.09 bits per heavy atom. The lowest BCUT2D eigenvalue weighted by atomic mass is 10.2. The number of para-hydroxylation sites is 1. The molecule has 0 aliphatic heterocycles. The fourth-order valence-corrected chi connectivity index (χ4v) is 2.84. The number of nitrogens with zero attached hydrogens (tertiary/aromatic N) is 2. The lowest BCUT2D eigenvalue weighted by Crippen LogP contribution is -2.24. The van der Waals surface area contributed by atoms with Crippen LogP contribution in [0.25, 0.3) is 16.4 Å². The number of benzene rings is 1. The summed E-state index contributed by atoms with van der Waals surface area (Å²) in [6, 6.07) is 15.7. The maximum Gasteiger partial charge on any atom is 0.268 e. The fourth-order valence-electron chi connectivity index (χ4n) is 2.84. The molecule has 0 aliphatic carbocycles. The summed E-state index contributed by atoms with van der Waals surface area (Å²) in [5.74, 6) is -0.121. The van der Waals surface area contributed by atoms with Crippen LogP contribution in [0, 0.1) is 6.92 Å². The highest BCUT2D eigenvalue weighted by atomic mass is 16.1. The summed E-state index contributed by atoms with van der Waals surface area (Å²) < 4.78 is 1.83. The zero-order valence-corrected chi connectivity index (χ0v) is 12.7. The summed E-state index contributed by atoms with van der Waals surface area (Å²) in [4.78, 5) is 15.6. The van der Waals surface area contributed by atoms with Crippen molar-refractivity contribution in [3.8, 4) is 0 Å². The molecule has 0 unspecified atom stereocenters. The second-order valence-corrected chi connectivity index (χ2v) is 5.59. The third-order valence-corrected chi connectivity index (χ3v) is 4.04. The number of aryl methyl sites for hydroxylation is 1. The van der Waals surface area contributed by atoms with Crippen LogP contribution in [-0.4, -0.2) is 20.5 Å². The number of fused-ring (bicyclic) bond motifs is 2. The molecule has 0 saturated carbocycles.